The Labute approximate surface area is 198 Å². The first-order valence-electron chi connectivity index (χ1n) is 10.1. The number of Topliss-reactive ketones (excluding diaryl/α,β-unsaturated/α-hetero) is 1. The normalized spacial score (nSPS) is 13.1. The van der Waals surface area contributed by atoms with Crippen LogP contribution in [0.25, 0.3) is 0 Å². The number of rotatable bonds is 12. The van der Waals surface area contributed by atoms with Gasteiger partial charge in [0.25, 0.3) is 0 Å². The minimum absolute atomic E-state index is 0.00662. The topological polar surface area (TPSA) is 162 Å². The maximum atomic E-state index is 13.8. The lowest BCUT2D eigenvalue weighted by atomic mass is 10.0. The number of sulfone groups is 1. The molecule has 1 rings (SSSR count). The van der Waals surface area contributed by atoms with Crippen LogP contribution in [0.3, 0.4) is 0 Å². The van der Waals surface area contributed by atoms with Crippen LogP contribution < -0.4 is 21.1 Å². The summed E-state index contributed by atoms with van der Waals surface area (Å²) < 4.78 is 81.9. The monoisotopic (exact) mass is 527 g/mol. The Hall–Kier alpha value is -3.23. The van der Waals surface area contributed by atoms with Crippen molar-refractivity contribution in [3.63, 3.8) is 0 Å². The Balaban J connectivity index is 3.11. The van der Waals surface area contributed by atoms with E-state index >= 15 is 0 Å². The minimum atomic E-state index is -3.64. The van der Waals surface area contributed by atoms with Crippen LogP contribution in [-0.4, -0.2) is 62.6 Å². The number of primary amides is 1. The van der Waals surface area contributed by atoms with E-state index in [9.17, 15) is 45.2 Å². The third-order valence-electron chi connectivity index (χ3n) is 4.47. The lowest BCUT2D eigenvalue weighted by molar-refractivity contribution is -0.139. The molecule has 0 heterocycles. The molecule has 35 heavy (non-hydrogen) atoms. The van der Waals surface area contributed by atoms with Gasteiger partial charge >= 0.3 is 11.8 Å². The quantitative estimate of drug-likeness (QED) is 0.198. The van der Waals surface area contributed by atoms with Crippen molar-refractivity contribution in [1.29, 1.82) is 0 Å². The lowest BCUT2D eigenvalue weighted by Gasteiger charge is -2.23. The molecule has 4 N–H and O–H groups in total. The molecular formula is C20H25F4N3O7S. The van der Waals surface area contributed by atoms with E-state index in [1.54, 1.807) is 13.8 Å². The van der Waals surface area contributed by atoms with Crippen LogP contribution >= 0.6 is 0 Å². The molecular weight excluding hydrogens is 502 g/mol. The van der Waals surface area contributed by atoms with Crippen molar-refractivity contribution in [1.82, 2.24) is 10.6 Å². The standard InChI is InChI=1S/C20H25F4N3O7S/c1-9(2)6-13(27-20(31)18(25)29)19(30)26-12(4-5-35(3,32)33)14(28)8-34-17-15(23)10(21)7-11(22)16(17)24/h7,9,12-13H,4-6,8H2,1-3H3,(H2,25,29)(H,26,30)(H,27,31)/t12-,13-/m0/s1. The maximum Gasteiger partial charge on any atom is 0.309 e. The number of ether oxygens (including phenoxy) is 1. The summed E-state index contributed by atoms with van der Waals surface area (Å²) in [7, 11) is -3.64. The maximum absolute atomic E-state index is 13.8. The first-order chi connectivity index (χ1) is 16.0. The van der Waals surface area contributed by atoms with Crippen LogP contribution in [0.4, 0.5) is 17.6 Å². The summed E-state index contributed by atoms with van der Waals surface area (Å²) in [5.41, 5.74) is 4.87. The summed E-state index contributed by atoms with van der Waals surface area (Å²) in [6.07, 6.45) is 0.336. The fraction of sp³-hybridized carbons (Fsp3) is 0.500. The number of ketones is 1. The molecule has 1 aromatic carbocycles. The van der Waals surface area contributed by atoms with Crippen LogP contribution in [-0.2, 0) is 29.0 Å². The minimum Gasteiger partial charge on any atom is -0.479 e. The molecule has 0 aliphatic carbocycles. The van der Waals surface area contributed by atoms with Gasteiger partial charge in [-0.25, -0.2) is 17.2 Å². The van der Waals surface area contributed by atoms with Gasteiger partial charge in [0.05, 0.1) is 11.8 Å². The van der Waals surface area contributed by atoms with Gasteiger partial charge in [-0.05, 0) is 18.8 Å². The number of nitrogens with one attached hydrogen (secondary N) is 2. The molecule has 1 aromatic rings. The van der Waals surface area contributed by atoms with Gasteiger partial charge in [0, 0.05) is 12.3 Å². The predicted molar refractivity (Wildman–Crippen MR) is 114 cm³/mol. The van der Waals surface area contributed by atoms with Crippen molar-refractivity contribution in [3.05, 3.63) is 29.3 Å². The molecule has 0 aliphatic rings. The Morgan fingerprint density at radius 1 is 1.00 bits per heavy atom. The Morgan fingerprint density at radius 2 is 1.54 bits per heavy atom. The number of benzene rings is 1. The number of hydrogen-bond acceptors (Lipinski definition) is 7. The zero-order valence-electron chi connectivity index (χ0n) is 19.0. The summed E-state index contributed by atoms with van der Waals surface area (Å²) in [6.45, 7) is 2.16. The number of halogens is 4. The largest absolute Gasteiger partial charge is 0.479 e. The highest BCUT2D eigenvalue weighted by molar-refractivity contribution is 7.90. The molecule has 0 saturated heterocycles. The first kappa shape index (κ1) is 29.8. The van der Waals surface area contributed by atoms with Gasteiger partial charge in [-0.1, -0.05) is 13.8 Å². The summed E-state index contributed by atoms with van der Waals surface area (Å²) in [6, 6.07) is -3.03. The van der Waals surface area contributed by atoms with Gasteiger partial charge in [0.2, 0.25) is 17.5 Å². The van der Waals surface area contributed by atoms with Crippen LogP contribution in [0.1, 0.15) is 26.7 Å². The number of carbonyl (C=O) groups is 4. The third kappa shape index (κ3) is 9.50. The fourth-order valence-corrected chi connectivity index (χ4v) is 3.44. The molecule has 0 unspecified atom stereocenters. The molecule has 196 valence electrons. The van der Waals surface area contributed by atoms with Gasteiger partial charge in [0.1, 0.15) is 22.5 Å². The molecule has 0 radical (unpaired) electrons. The van der Waals surface area contributed by atoms with Crippen LogP contribution in [0.15, 0.2) is 6.07 Å². The third-order valence-corrected chi connectivity index (χ3v) is 5.44. The second-order valence-corrected chi connectivity index (χ2v) is 10.3. The highest BCUT2D eigenvalue weighted by atomic mass is 32.2. The number of hydrogen-bond donors (Lipinski definition) is 3. The SMILES string of the molecule is CC(C)C[C@H](NC(=O)C(N)=O)C(=O)N[C@@H](CCS(C)(=O)=O)C(=O)COc1c(F)c(F)cc(F)c1F. The molecule has 0 aromatic heterocycles. The van der Waals surface area contributed by atoms with E-state index in [-0.39, 0.29) is 18.4 Å². The van der Waals surface area contributed by atoms with E-state index in [1.165, 1.54) is 0 Å². The van der Waals surface area contributed by atoms with Crippen molar-refractivity contribution in [3.8, 4) is 5.75 Å². The summed E-state index contributed by atoms with van der Waals surface area (Å²) >= 11 is 0. The molecule has 0 bridgehead atoms. The summed E-state index contributed by atoms with van der Waals surface area (Å²) in [4.78, 5) is 48.0. The van der Waals surface area contributed by atoms with E-state index in [2.05, 4.69) is 15.4 Å². The molecule has 2 atom stereocenters. The first-order valence-corrected chi connectivity index (χ1v) is 12.2. The highest BCUT2D eigenvalue weighted by Crippen LogP contribution is 2.26. The number of amides is 3. The molecule has 10 nitrogen and oxygen atoms in total. The van der Waals surface area contributed by atoms with E-state index in [4.69, 9.17) is 5.73 Å². The fourth-order valence-electron chi connectivity index (χ4n) is 2.77. The van der Waals surface area contributed by atoms with Crippen molar-refractivity contribution in [2.45, 2.75) is 38.8 Å². The van der Waals surface area contributed by atoms with Gasteiger partial charge in [0.15, 0.2) is 23.2 Å². The molecule has 0 spiro atoms. The lowest BCUT2D eigenvalue weighted by Crippen LogP contribution is -2.54. The highest BCUT2D eigenvalue weighted by Gasteiger charge is 2.30. The smallest absolute Gasteiger partial charge is 0.309 e. The molecule has 15 heteroatoms. The van der Waals surface area contributed by atoms with Crippen molar-refractivity contribution in [2.75, 3.05) is 18.6 Å². The zero-order valence-corrected chi connectivity index (χ0v) is 19.8. The van der Waals surface area contributed by atoms with E-state index in [0.29, 0.717) is 0 Å². The molecule has 0 fully saturated rings. The predicted octanol–water partition coefficient (Wildman–Crippen LogP) is 0.127. The van der Waals surface area contributed by atoms with Crippen molar-refractivity contribution >= 4 is 33.3 Å². The van der Waals surface area contributed by atoms with Gasteiger partial charge in [-0.15, -0.1) is 0 Å². The van der Waals surface area contributed by atoms with Gasteiger partial charge in [-0.2, -0.15) is 8.78 Å². The Bertz CT molecular complexity index is 1070. The van der Waals surface area contributed by atoms with Crippen molar-refractivity contribution < 1.29 is 49.9 Å². The summed E-state index contributed by atoms with van der Waals surface area (Å²) in [5.74, 6) is -14.4. The molecule has 3 amide bonds. The second kappa shape index (κ2) is 12.5. The number of carbonyl (C=O) groups excluding carboxylic acids is 4. The van der Waals surface area contributed by atoms with Crippen molar-refractivity contribution in [2.24, 2.45) is 11.7 Å². The van der Waals surface area contributed by atoms with E-state index in [1.807, 2.05) is 0 Å². The Kier molecular flexibility index (Phi) is 10.6. The second-order valence-electron chi connectivity index (χ2n) is 8.05. The average molecular weight is 527 g/mol. The van der Waals surface area contributed by atoms with Gasteiger partial charge in [-0.3, -0.25) is 19.2 Å². The summed E-state index contributed by atoms with van der Waals surface area (Å²) in [5, 5.41) is 4.27. The zero-order chi connectivity index (χ0) is 27.1. The van der Waals surface area contributed by atoms with E-state index < -0.39 is 93.2 Å². The Morgan fingerprint density at radius 3 is 2.00 bits per heavy atom. The van der Waals surface area contributed by atoms with E-state index in [0.717, 1.165) is 6.26 Å². The molecule has 0 saturated carbocycles. The average Bonchev–Trinajstić information content (AvgIpc) is 2.73. The van der Waals surface area contributed by atoms with Crippen LogP contribution in [0.5, 0.6) is 5.75 Å². The molecule has 0 aliphatic heterocycles. The van der Waals surface area contributed by atoms with Crippen LogP contribution in [0, 0.1) is 29.2 Å². The number of nitrogens with two attached hydrogens (primary N) is 1. The van der Waals surface area contributed by atoms with Crippen LogP contribution in [0.2, 0.25) is 0 Å². The van der Waals surface area contributed by atoms with Gasteiger partial charge < -0.3 is 21.1 Å².